The Morgan fingerprint density at radius 3 is 1.64 bits per heavy atom. The molecule has 0 aliphatic heterocycles. The van der Waals surface area contributed by atoms with Crippen LogP contribution in [0.5, 0.6) is 11.5 Å². The summed E-state index contributed by atoms with van der Waals surface area (Å²) in [6.07, 6.45) is 1.54. The number of carbonyl (C=O) groups excluding carboxylic acids is 3. The molecule has 0 atom stereocenters. The Kier molecular flexibility index (Phi) is 12.6. The molecule has 0 radical (unpaired) electrons. The summed E-state index contributed by atoms with van der Waals surface area (Å²) < 4.78 is 27.0. The van der Waals surface area contributed by atoms with Crippen molar-refractivity contribution in [1.82, 2.24) is 10.6 Å². The van der Waals surface area contributed by atoms with Gasteiger partial charge in [-0.2, -0.15) is 0 Å². The Balaban J connectivity index is 2.61. The summed E-state index contributed by atoms with van der Waals surface area (Å²) in [5.41, 5.74) is -0.865. The molecule has 0 saturated heterocycles. The minimum atomic E-state index is -0.566. The number of carbonyl (C=O) groups is 3. The Labute approximate surface area is 213 Å². The topological polar surface area (TPSA) is 121 Å². The smallest absolute Gasteiger partial charge is 0.407 e. The lowest BCUT2D eigenvalue weighted by Gasteiger charge is -2.19. The molecule has 0 fully saturated rings. The van der Waals surface area contributed by atoms with Gasteiger partial charge in [0.25, 0.3) is 0 Å². The van der Waals surface area contributed by atoms with E-state index in [1.807, 2.05) is 0 Å². The number of ether oxygens (including phenoxy) is 5. The summed E-state index contributed by atoms with van der Waals surface area (Å²) in [5.74, 6) is 0.299. The zero-order valence-corrected chi connectivity index (χ0v) is 22.2. The predicted octanol–water partition coefficient (Wildman–Crippen LogP) is 4.62. The van der Waals surface area contributed by atoms with E-state index in [0.29, 0.717) is 50.6 Å². The highest BCUT2D eigenvalue weighted by atomic mass is 16.6. The number of alkyl carbamates (subject to hydrolysis) is 2. The van der Waals surface area contributed by atoms with Gasteiger partial charge >= 0.3 is 18.2 Å². The Hall–Kier alpha value is -3.43. The summed E-state index contributed by atoms with van der Waals surface area (Å²) in [4.78, 5) is 35.8. The van der Waals surface area contributed by atoms with Crippen molar-refractivity contribution in [3.63, 3.8) is 0 Å². The molecule has 0 unspecified atom stereocenters. The van der Waals surface area contributed by atoms with Crippen LogP contribution in [0.4, 0.5) is 9.59 Å². The summed E-state index contributed by atoms with van der Waals surface area (Å²) in [6, 6.07) is 4.78. The second kappa shape index (κ2) is 14.9. The van der Waals surface area contributed by atoms with Crippen LogP contribution in [-0.4, -0.2) is 62.3 Å². The number of hydrogen-bond donors (Lipinski definition) is 2. The van der Waals surface area contributed by atoms with Crippen LogP contribution >= 0.6 is 0 Å². The monoisotopic (exact) mass is 508 g/mol. The lowest BCUT2D eigenvalue weighted by atomic mass is 10.2. The summed E-state index contributed by atoms with van der Waals surface area (Å²) in [5, 5.41) is 5.32. The van der Waals surface area contributed by atoms with Crippen molar-refractivity contribution >= 4 is 18.2 Å². The average molecular weight is 509 g/mol. The number of nitrogens with one attached hydrogen (secondary N) is 2. The summed E-state index contributed by atoms with van der Waals surface area (Å²) in [7, 11) is 0. The van der Waals surface area contributed by atoms with E-state index >= 15 is 0 Å². The van der Waals surface area contributed by atoms with Gasteiger partial charge in [-0.05, 0) is 66.5 Å². The fourth-order valence-electron chi connectivity index (χ4n) is 2.61. The van der Waals surface area contributed by atoms with E-state index in [4.69, 9.17) is 23.7 Å². The minimum Gasteiger partial charge on any atom is -0.493 e. The molecule has 0 aliphatic rings. The van der Waals surface area contributed by atoms with Crippen molar-refractivity contribution in [3.05, 3.63) is 36.4 Å². The normalized spacial score (nSPS) is 11.2. The number of amides is 2. The summed E-state index contributed by atoms with van der Waals surface area (Å²) in [6.45, 7) is 15.7. The number of rotatable bonds is 13. The van der Waals surface area contributed by atoms with Gasteiger partial charge in [0.1, 0.15) is 29.3 Å². The molecule has 1 aromatic rings. The van der Waals surface area contributed by atoms with Crippen molar-refractivity contribution in [3.8, 4) is 11.5 Å². The first-order chi connectivity index (χ1) is 16.8. The molecule has 2 N–H and O–H groups in total. The van der Waals surface area contributed by atoms with E-state index in [2.05, 4.69) is 17.2 Å². The molecule has 0 saturated carbocycles. The number of esters is 1. The Morgan fingerprint density at radius 1 is 0.806 bits per heavy atom. The molecule has 0 aromatic heterocycles. The quantitative estimate of drug-likeness (QED) is 0.171. The lowest BCUT2D eigenvalue weighted by molar-refractivity contribution is 0.0514. The fraction of sp³-hybridized carbons (Fsp3) is 0.577. The molecular weight excluding hydrogens is 468 g/mol. The summed E-state index contributed by atoms with van der Waals surface area (Å²) >= 11 is 0. The lowest BCUT2D eigenvalue weighted by Crippen LogP contribution is -2.33. The first kappa shape index (κ1) is 30.6. The van der Waals surface area contributed by atoms with Gasteiger partial charge in [0, 0.05) is 19.2 Å². The first-order valence-electron chi connectivity index (χ1n) is 11.9. The highest BCUT2D eigenvalue weighted by Gasteiger charge is 2.17. The zero-order chi connectivity index (χ0) is 27.2. The van der Waals surface area contributed by atoms with Gasteiger partial charge in [-0.1, -0.05) is 12.7 Å². The van der Waals surface area contributed by atoms with Crippen LogP contribution < -0.4 is 20.1 Å². The van der Waals surface area contributed by atoms with Crippen LogP contribution in [0.15, 0.2) is 30.9 Å². The zero-order valence-electron chi connectivity index (χ0n) is 22.2. The van der Waals surface area contributed by atoms with Gasteiger partial charge in [-0.15, -0.1) is 0 Å². The molecule has 1 rings (SSSR count). The van der Waals surface area contributed by atoms with Crippen LogP contribution in [0.25, 0.3) is 0 Å². The maximum Gasteiger partial charge on any atom is 0.407 e. The molecule has 0 heterocycles. The van der Waals surface area contributed by atoms with Gasteiger partial charge in [0.05, 0.1) is 18.8 Å². The van der Waals surface area contributed by atoms with Crippen LogP contribution in [0.3, 0.4) is 0 Å². The van der Waals surface area contributed by atoms with Crippen LogP contribution in [0, 0.1) is 0 Å². The number of benzene rings is 1. The molecule has 1 aromatic carbocycles. The Morgan fingerprint density at radius 2 is 1.25 bits per heavy atom. The minimum absolute atomic E-state index is 0.0762. The molecule has 0 bridgehead atoms. The van der Waals surface area contributed by atoms with Gasteiger partial charge in [-0.25, -0.2) is 14.4 Å². The maximum atomic E-state index is 12.3. The van der Waals surface area contributed by atoms with Gasteiger partial charge in [0.15, 0.2) is 0 Å². The van der Waals surface area contributed by atoms with Crippen molar-refractivity contribution in [2.75, 3.05) is 32.9 Å². The van der Waals surface area contributed by atoms with Crippen molar-refractivity contribution in [1.29, 1.82) is 0 Å². The second-order valence-corrected chi connectivity index (χ2v) is 9.84. The average Bonchev–Trinajstić information content (AvgIpc) is 2.74. The van der Waals surface area contributed by atoms with Crippen molar-refractivity contribution < 1.29 is 38.1 Å². The van der Waals surface area contributed by atoms with E-state index in [9.17, 15) is 14.4 Å². The van der Waals surface area contributed by atoms with Crippen LogP contribution in [-0.2, 0) is 14.2 Å². The standard InChI is InChI=1S/C26H40N2O8/c1-8-13-34-22(29)19-16-20(32-14-9-11-27-23(30)35-25(2,3)4)18-21(17-19)33-15-10-12-28-24(31)36-26(5,6)7/h8,16-18H,1,9-15H2,2-7H3,(H,27,30)(H,28,31). The third-order valence-electron chi connectivity index (χ3n) is 3.96. The van der Waals surface area contributed by atoms with E-state index in [1.54, 1.807) is 59.7 Å². The molecule has 10 nitrogen and oxygen atoms in total. The molecule has 0 aliphatic carbocycles. The largest absolute Gasteiger partial charge is 0.493 e. The van der Waals surface area contributed by atoms with Gasteiger partial charge in [0.2, 0.25) is 0 Å². The highest BCUT2D eigenvalue weighted by molar-refractivity contribution is 5.90. The van der Waals surface area contributed by atoms with Crippen molar-refractivity contribution in [2.24, 2.45) is 0 Å². The molecule has 10 heteroatoms. The molecule has 2 amide bonds. The van der Waals surface area contributed by atoms with E-state index < -0.39 is 29.4 Å². The third-order valence-corrected chi connectivity index (χ3v) is 3.96. The first-order valence-corrected chi connectivity index (χ1v) is 11.9. The van der Waals surface area contributed by atoms with Crippen LogP contribution in [0.1, 0.15) is 64.7 Å². The van der Waals surface area contributed by atoms with E-state index in [0.717, 1.165) is 0 Å². The van der Waals surface area contributed by atoms with Gasteiger partial charge in [-0.3, -0.25) is 0 Å². The van der Waals surface area contributed by atoms with Crippen LogP contribution in [0.2, 0.25) is 0 Å². The molecule has 0 spiro atoms. The fourth-order valence-corrected chi connectivity index (χ4v) is 2.61. The molecule has 202 valence electrons. The van der Waals surface area contributed by atoms with E-state index in [-0.39, 0.29) is 12.2 Å². The highest BCUT2D eigenvalue weighted by Crippen LogP contribution is 2.24. The Bertz CT molecular complexity index is 815. The SMILES string of the molecule is C=CCOC(=O)c1cc(OCCCNC(=O)OC(C)(C)C)cc(OCCCNC(=O)OC(C)(C)C)c1. The van der Waals surface area contributed by atoms with E-state index in [1.165, 1.54) is 6.08 Å². The second-order valence-electron chi connectivity index (χ2n) is 9.84. The molecule has 36 heavy (non-hydrogen) atoms. The van der Waals surface area contributed by atoms with Crippen molar-refractivity contribution in [2.45, 2.75) is 65.6 Å². The number of hydrogen-bond acceptors (Lipinski definition) is 8. The van der Waals surface area contributed by atoms with Gasteiger partial charge < -0.3 is 34.3 Å². The third kappa shape index (κ3) is 14.7. The predicted molar refractivity (Wildman–Crippen MR) is 136 cm³/mol. The molecular formula is C26H40N2O8. The maximum absolute atomic E-state index is 12.3.